The Balaban J connectivity index is 2.96. The normalized spacial score (nSPS) is 14.6. The van der Waals surface area contributed by atoms with Crippen LogP contribution in [-0.2, 0) is 0 Å². The van der Waals surface area contributed by atoms with E-state index in [4.69, 9.17) is 15.6 Å². The summed E-state index contributed by atoms with van der Waals surface area (Å²) in [6, 6.07) is 4.84. The van der Waals surface area contributed by atoms with Crippen molar-refractivity contribution in [2.75, 3.05) is 13.7 Å². The van der Waals surface area contributed by atoms with E-state index in [0.717, 1.165) is 4.47 Å². The van der Waals surface area contributed by atoms with Gasteiger partial charge in [0.2, 0.25) is 0 Å². The van der Waals surface area contributed by atoms with Crippen molar-refractivity contribution in [2.45, 2.75) is 18.6 Å². The highest BCUT2D eigenvalue weighted by atomic mass is 79.9. The Labute approximate surface area is 103 Å². The van der Waals surface area contributed by atoms with Gasteiger partial charge < -0.3 is 20.7 Å². The van der Waals surface area contributed by atoms with Crippen LogP contribution in [0.2, 0.25) is 0 Å². The SMILES string of the molecule is COc1ccc(Br)cc1C(O)C(N)CCO. The minimum atomic E-state index is -0.848. The molecule has 16 heavy (non-hydrogen) atoms. The fourth-order valence-corrected chi connectivity index (χ4v) is 1.85. The maximum absolute atomic E-state index is 10.0. The van der Waals surface area contributed by atoms with Gasteiger partial charge in [-0.2, -0.15) is 0 Å². The van der Waals surface area contributed by atoms with Gasteiger partial charge in [0.05, 0.1) is 13.2 Å². The van der Waals surface area contributed by atoms with E-state index in [1.165, 1.54) is 7.11 Å². The maximum atomic E-state index is 10.0. The van der Waals surface area contributed by atoms with Crippen molar-refractivity contribution in [1.82, 2.24) is 0 Å². The highest BCUT2D eigenvalue weighted by molar-refractivity contribution is 9.10. The number of aliphatic hydroxyl groups is 2. The molecule has 0 amide bonds. The van der Waals surface area contributed by atoms with E-state index in [1.807, 2.05) is 6.07 Å². The lowest BCUT2D eigenvalue weighted by Crippen LogP contribution is -2.29. The molecule has 0 saturated carbocycles. The molecule has 0 aliphatic carbocycles. The van der Waals surface area contributed by atoms with E-state index in [1.54, 1.807) is 12.1 Å². The number of hydrogen-bond acceptors (Lipinski definition) is 4. The summed E-state index contributed by atoms with van der Waals surface area (Å²) in [5, 5.41) is 18.8. The predicted molar refractivity (Wildman–Crippen MR) is 65.3 cm³/mol. The Morgan fingerprint density at radius 1 is 1.50 bits per heavy atom. The lowest BCUT2D eigenvalue weighted by Gasteiger charge is -2.20. The number of rotatable bonds is 5. The minimum absolute atomic E-state index is 0.0471. The molecule has 0 aromatic heterocycles. The molecule has 0 bridgehead atoms. The quantitative estimate of drug-likeness (QED) is 0.761. The smallest absolute Gasteiger partial charge is 0.124 e. The van der Waals surface area contributed by atoms with Crippen LogP contribution in [0.25, 0.3) is 0 Å². The van der Waals surface area contributed by atoms with Crippen molar-refractivity contribution in [2.24, 2.45) is 5.73 Å². The molecule has 2 atom stereocenters. The van der Waals surface area contributed by atoms with Gasteiger partial charge in [0.25, 0.3) is 0 Å². The number of nitrogens with two attached hydrogens (primary N) is 1. The van der Waals surface area contributed by atoms with Gasteiger partial charge in [0.15, 0.2) is 0 Å². The van der Waals surface area contributed by atoms with Crippen LogP contribution < -0.4 is 10.5 Å². The van der Waals surface area contributed by atoms with Gasteiger partial charge in [-0.15, -0.1) is 0 Å². The second kappa shape index (κ2) is 6.20. The summed E-state index contributed by atoms with van der Waals surface area (Å²) >= 11 is 3.33. The van der Waals surface area contributed by atoms with E-state index in [2.05, 4.69) is 15.9 Å². The molecular weight excluding hydrogens is 274 g/mol. The Kier molecular flexibility index (Phi) is 5.21. The number of benzene rings is 1. The molecule has 2 unspecified atom stereocenters. The molecular formula is C11H16BrNO3. The highest BCUT2D eigenvalue weighted by Crippen LogP contribution is 2.30. The van der Waals surface area contributed by atoms with Crippen LogP contribution in [-0.4, -0.2) is 30.0 Å². The van der Waals surface area contributed by atoms with Crippen LogP contribution in [0, 0.1) is 0 Å². The van der Waals surface area contributed by atoms with Crippen molar-refractivity contribution in [1.29, 1.82) is 0 Å². The molecule has 1 aromatic carbocycles. The van der Waals surface area contributed by atoms with Crippen molar-refractivity contribution in [3.63, 3.8) is 0 Å². The Morgan fingerprint density at radius 3 is 2.75 bits per heavy atom. The Hall–Kier alpha value is -0.620. The lowest BCUT2D eigenvalue weighted by atomic mass is 10.00. The molecule has 0 spiro atoms. The third kappa shape index (κ3) is 3.18. The first-order chi connectivity index (χ1) is 7.60. The van der Waals surface area contributed by atoms with E-state index in [0.29, 0.717) is 17.7 Å². The maximum Gasteiger partial charge on any atom is 0.124 e. The fourth-order valence-electron chi connectivity index (χ4n) is 1.47. The molecule has 0 aliphatic rings. The molecule has 90 valence electrons. The molecule has 1 rings (SSSR count). The summed E-state index contributed by atoms with van der Waals surface area (Å²) < 4.78 is 6.00. The lowest BCUT2D eigenvalue weighted by molar-refractivity contribution is 0.126. The van der Waals surface area contributed by atoms with Gasteiger partial charge in [0.1, 0.15) is 5.75 Å². The molecule has 4 nitrogen and oxygen atoms in total. The van der Waals surface area contributed by atoms with Crippen molar-refractivity contribution < 1.29 is 14.9 Å². The van der Waals surface area contributed by atoms with Gasteiger partial charge in [-0.3, -0.25) is 0 Å². The first kappa shape index (κ1) is 13.4. The summed E-state index contributed by atoms with van der Waals surface area (Å²) in [6.45, 7) is -0.0471. The summed E-state index contributed by atoms with van der Waals surface area (Å²) in [6.07, 6.45) is -0.504. The van der Waals surface area contributed by atoms with Crippen LogP contribution in [0.4, 0.5) is 0 Å². The van der Waals surface area contributed by atoms with Gasteiger partial charge >= 0.3 is 0 Å². The van der Waals surface area contributed by atoms with Crippen LogP contribution >= 0.6 is 15.9 Å². The average Bonchev–Trinajstić information content (AvgIpc) is 2.28. The van der Waals surface area contributed by atoms with Crippen molar-refractivity contribution >= 4 is 15.9 Å². The average molecular weight is 290 g/mol. The number of ether oxygens (including phenoxy) is 1. The highest BCUT2D eigenvalue weighted by Gasteiger charge is 2.20. The topological polar surface area (TPSA) is 75.7 Å². The summed E-state index contributed by atoms with van der Waals surface area (Å²) in [5.74, 6) is 0.587. The van der Waals surface area contributed by atoms with Crippen LogP contribution in [0.1, 0.15) is 18.1 Å². The van der Waals surface area contributed by atoms with Gasteiger partial charge in [0, 0.05) is 22.7 Å². The number of aliphatic hydroxyl groups excluding tert-OH is 2. The predicted octanol–water partition coefficient (Wildman–Crippen LogP) is 1.20. The zero-order chi connectivity index (χ0) is 12.1. The van der Waals surface area contributed by atoms with E-state index in [-0.39, 0.29) is 6.61 Å². The Bertz CT molecular complexity index is 346. The summed E-state index contributed by atoms with van der Waals surface area (Å²) in [4.78, 5) is 0. The van der Waals surface area contributed by atoms with Crippen molar-refractivity contribution in [3.05, 3.63) is 28.2 Å². The Morgan fingerprint density at radius 2 is 2.19 bits per heavy atom. The largest absolute Gasteiger partial charge is 0.496 e. The van der Waals surface area contributed by atoms with Crippen LogP contribution in [0.15, 0.2) is 22.7 Å². The third-order valence-corrected chi connectivity index (χ3v) is 2.87. The van der Waals surface area contributed by atoms with Crippen molar-refractivity contribution in [3.8, 4) is 5.75 Å². The minimum Gasteiger partial charge on any atom is -0.496 e. The zero-order valence-electron chi connectivity index (χ0n) is 9.06. The second-order valence-electron chi connectivity index (χ2n) is 3.51. The molecule has 4 N–H and O–H groups in total. The van der Waals surface area contributed by atoms with E-state index >= 15 is 0 Å². The fraction of sp³-hybridized carbons (Fsp3) is 0.455. The number of hydrogen-bond donors (Lipinski definition) is 3. The molecule has 1 aromatic rings. The van der Waals surface area contributed by atoms with Crippen LogP contribution in [0.5, 0.6) is 5.75 Å². The molecule has 0 radical (unpaired) electrons. The summed E-state index contributed by atoms with van der Waals surface area (Å²) in [7, 11) is 1.54. The van der Waals surface area contributed by atoms with E-state index in [9.17, 15) is 5.11 Å². The van der Waals surface area contributed by atoms with Gasteiger partial charge in [-0.25, -0.2) is 0 Å². The number of halogens is 1. The standard InChI is InChI=1S/C11H16BrNO3/c1-16-10-3-2-7(12)6-8(10)11(15)9(13)4-5-14/h2-3,6,9,11,14-15H,4-5,13H2,1H3. The molecule has 0 aliphatic heterocycles. The van der Waals surface area contributed by atoms with Crippen LogP contribution in [0.3, 0.4) is 0 Å². The first-order valence-corrected chi connectivity index (χ1v) is 5.77. The van der Waals surface area contributed by atoms with Gasteiger partial charge in [-0.1, -0.05) is 15.9 Å². The molecule has 0 fully saturated rings. The molecule has 0 saturated heterocycles. The third-order valence-electron chi connectivity index (χ3n) is 2.38. The molecule has 0 heterocycles. The van der Waals surface area contributed by atoms with Gasteiger partial charge in [-0.05, 0) is 24.6 Å². The van der Waals surface area contributed by atoms with E-state index < -0.39 is 12.1 Å². The summed E-state index contributed by atoms with van der Waals surface area (Å²) in [5.41, 5.74) is 6.38. The number of methoxy groups -OCH3 is 1. The molecule has 5 heteroatoms. The second-order valence-corrected chi connectivity index (χ2v) is 4.42. The zero-order valence-corrected chi connectivity index (χ0v) is 10.6. The first-order valence-electron chi connectivity index (χ1n) is 4.98. The monoisotopic (exact) mass is 289 g/mol.